The summed E-state index contributed by atoms with van der Waals surface area (Å²) in [5, 5.41) is 2.63. The molecule has 0 unspecified atom stereocenters. The van der Waals surface area contributed by atoms with Crippen LogP contribution in [0.15, 0.2) is 23.1 Å². The largest absolute Gasteiger partial charge is 0.455 e. The van der Waals surface area contributed by atoms with Gasteiger partial charge >= 0.3 is 5.97 Å². The van der Waals surface area contributed by atoms with Gasteiger partial charge in [-0.15, -0.1) is 0 Å². The van der Waals surface area contributed by atoms with E-state index in [4.69, 9.17) is 16.3 Å². The molecular weight excluding hydrogens is 330 g/mol. The summed E-state index contributed by atoms with van der Waals surface area (Å²) < 4.78 is 27.9. The van der Waals surface area contributed by atoms with Gasteiger partial charge in [0.25, 0.3) is 5.91 Å². The first-order valence-corrected chi connectivity index (χ1v) is 8.91. The number of rotatable bonds is 5. The van der Waals surface area contributed by atoms with Crippen LogP contribution in [0.5, 0.6) is 0 Å². The molecule has 120 valence electrons. The molecule has 1 aliphatic carbocycles. The Morgan fingerprint density at radius 2 is 2.05 bits per heavy atom. The van der Waals surface area contributed by atoms with Crippen LogP contribution in [-0.2, 0) is 24.2 Å². The Hall–Kier alpha value is -1.60. The van der Waals surface area contributed by atoms with Gasteiger partial charge in [-0.25, -0.2) is 8.42 Å². The van der Waals surface area contributed by atoms with Crippen LogP contribution < -0.4 is 5.32 Å². The second-order valence-electron chi connectivity index (χ2n) is 5.39. The van der Waals surface area contributed by atoms with Crippen LogP contribution in [0, 0.1) is 11.8 Å². The van der Waals surface area contributed by atoms with Crippen molar-refractivity contribution in [2.75, 3.05) is 18.2 Å². The van der Waals surface area contributed by atoms with Crippen molar-refractivity contribution in [1.82, 2.24) is 0 Å². The number of hydrogen-bond donors (Lipinski definition) is 1. The minimum atomic E-state index is -3.41. The number of hydrogen-bond acceptors (Lipinski definition) is 5. The van der Waals surface area contributed by atoms with Crippen LogP contribution in [0.1, 0.15) is 13.3 Å². The molecule has 0 bridgehead atoms. The zero-order valence-corrected chi connectivity index (χ0v) is 13.7. The van der Waals surface area contributed by atoms with E-state index in [2.05, 4.69) is 5.32 Å². The molecule has 1 N–H and O–H groups in total. The fraction of sp³-hybridized carbons (Fsp3) is 0.429. The monoisotopic (exact) mass is 345 g/mol. The molecule has 2 rings (SSSR count). The van der Waals surface area contributed by atoms with Gasteiger partial charge in [-0.05, 0) is 30.5 Å². The van der Waals surface area contributed by atoms with Gasteiger partial charge in [0.2, 0.25) is 0 Å². The second kappa shape index (κ2) is 6.26. The molecule has 1 saturated carbocycles. The van der Waals surface area contributed by atoms with E-state index in [-0.39, 0.29) is 21.5 Å². The molecule has 1 aromatic carbocycles. The average Bonchev–Trinajstić information content (AvgIpc) is 3.14. The number of amides is 1. The van der Waals surface area contributed by atoms with Crippen molar-refractivity contribution in [1.29, 1.82) is 0 Å². The third-order valence-corrected chi connectivity index (χ3v) is 4.84. The Balaban J connectivity index is 1.97. The molecule has 0 aliphatic heterocycles. The molecular formula is C14H16ClNO5S. The van der Waals surface area contributed by atoms with E-state index in [0.717, 1.165) is 12.7 Å². The van der Waals surface area contributed by atoms with Crippen molar-refractivity contribution < 1.29 is 22.7 Å². The van der Waals surface area contributed by atoms with Crippen molar-refractivity contribution >= 4 is 39.0 Å². The van der Waals surface area contributed by atoms with E-state index in [9.17, 15) is 18.0 Å². The summed E-state index contributed by atoms with van der Waals surface area (Å²) in [6.45, 7) is 1.50. The van der Waals surface area contributed by atoms with Crippen LogP contribution in [0.2, 0.25) is 5.02 Å². The Labute approximate surface area is 133 Å². The van der Waals surface area contributed by atoms with E-state index in [1.54, 1.807) is 0 Å². The molecule has 0 saturated heterocycles. The first-order chi connectivity index (χ1) is 10.2. The number of halogens is 1. The summed E-state index contributed by atoms with van der Waals surface area (Å²) >= 11 is 5.92. The molecule has 8 heteroatoms. The molecule has 0 radical (unpaired) electrons. The third kappa shape index (κ3) is 4.20. The molecule has 1 fully saturated rings. The van der Waals surface area contributed by atoms with Crippen molar-refractivity contribution in [2.24, 2.45) is 11.8 Å². The number of nitrogens with one attached hydrogen (secondary N) is 1. The van der Waals surface area contributed by atoms with Crippen LogP contribution in [0.4, 0.5) is 5.69 Å². The van der Waals surface area contributed by atoms with Crippen LogP contribution in [0.3, 0.4) is 0 Å². The summed E-state index contributed by atoms with van der Waals surface area (Å²) in [5.74, 6) is -0.783. The number of ether oxygens (including phenoxy) is 1. The zero-order valence-electron chi connectivity index (χ0n) is 12.1. The summed E-state index contributed by atoms with van der Waals surface area (Å²) in [6.07, 6.45) is 1.84. The van der Waals surface area contributed by atoms with Gasteiger partial charge in [-0.1, -0.05) is 18.5 Å². The zero-order chi connectivity index (χ0) is 16.5. The van der Waals surface area contributed by atoms with Gasteiger partial charge in [0.1, 0.15) is 0 Å². The first-order valence-electron chi connectivity index (χ1n) is 6.64. The number of benzene rings is 1. The van der Waals surface area contributed by atoms with Gasteiger partial charge in [0, 0.05) is 6.26 Å². The van der Waals surface area contributed by atoms with Crippen LogP contribution in [0.25, 0.3) is 0 Å². The Morgan fingerprint density at radius 3 is 2.59 bits per heavy atom. The normalized spacial score (nSPS) is 20.3. The predicted octanol–water partition coefficient (Wildman–Crippen LogP) is 1.88. The van der Waals surface area contributed by atoms with Crippen molar-refractivity contribution in [3.63, 3.8) is 0 Å². The second-order valence-corrected chi connectivity index (χ2v) is 7.81. The van der Waals surface area contributed by atoms with Gasteiger partial charge in [-0.2, -0.15) is 0 Å². The summed E-state index contributed by atoms with van der Waals surface area (Å²) in [7, 11) is -3.41. The summed E-state index contributed by atoms with van der Waals surface area (Å²) in [4.78, 5) is 23.3. The Morgan fingerprint density at radius 1 is 1.41 bits per heavy atom. The lowest BCUT2D eigenvalue weighted by atomic mass is 10.3. The standard InChI is InChI=1S/C14H16ClNO5S/c1-8-5-10(8)14(18)21-7-13(17)16-12-6-9(22(2,19)20)3-4-11(12)15/h3-4,6,8,10H,5,7H2,1-2H3,(H,16,17)/t8-,10-/m1/s1. The number of sulfone groups is 1. The molecule has 1 amide bonds. The molecule has 6 nitrogen and oxygen atoms in total. The summed E-state index contributed by atoms with van der Waals surface area (Å²) in [6, 6.07) is 3.99. The van der Waals surface area contributed by atoms with Gasteiger partial charge < -0.3 is 10.1 Å². The van der Waals surface area contributed by atoms with Crippen LogP contribution >= 0.6 is 11.6 Å². The predicted molar refractivity (Wildman–Crippen MR) is 81.4 cm³/mol. The molecule has 2 atom stereocenters. The molecule has 0 heterocycles. The maximum Gasteiger partial charge on any atom is 0.309 e. The molecule has 1 aliphatic rings. The lowest BCUT2D eigenvalue weighted by molar-refractivity contribution is -0.148. The maximum atomic E-state index is 11.8. The summed E-state index contributed by atoms with van der Waals surface area (Å²) in [5.41, 5.74) is 0.158. The quantitative estimate of drug-likeness (QED) is 0.823. The minimum absolute atomic E-state index is 0.0380. The van der Waals surface area contributed by atoms with Crippen LogP contribution in [-0.4, -0.2) is 33.2 Å². The highest BCUT2D eigenvalue weighted by molar-refractivity contribution is 7.90. The fourth-order valence-electron chi connectivity index (χ4n) is 1.91. The highest BCUT2D eigenvalue weighted by Gasteiger charge is 2.40. The Kier molecular flexibility index (Phi) is 4.77. The van der Waals surface area contributed by atoms with E-state index in [1.807, 2.05) is 6.92 Å². The van der Waals surface area contributed by atoms with E-state index in [1.165, 1.54) is 18.2 Å². The minimum Gasteiger partial charge on any atom is -0.455 e. The molecule has 1 aromatic rings. The Bertz CT molecular complexity index is 716. The maximum absolute atomic E-state index is 11.8. The molecule has 0 spiro atoms. The van der Waals surface area contributed by atoms with Gasteiger partial charge in [0.05, 0.1) is 21.5 Å². The lowest BCUT2D eigenvalue weighted by Crippen LogP contribution is -2.22. The highest BCUT2D eigenvalue weighted by Crippen LogP contribution is 2.38. The van der Waals surface area contributed by atoms with E-state index >= 15 is 0 Å². The number of anilines is 1. The van der Waals surface area contributed by atoms with Gasteiger partial charge in [-0.3, -0.25) is 9.59 Å². The van der Waals surface area contributed by atoms with E-state index < -0.39 is 28.3 Å². The average molecular weight is 346 g/mol. The topological polar surface area (TPSA) is 89.5 Å². The SMILES string of the molecule is C[C@@H]1C[C@H]1C(=O)OCC(=O)Nc1cc(S(C)(=O)=O)ccc1Cl. The fourth-order valence-corrected chi connectivity index (χ4v) is 2.72. The highest BCUT2D eigenvalue weighted by atomic mass is 35.5. The smallest absolute Gasteiger partial charge is 0.309 e. The molecule has 22 heavy (non-hydrogen) atoms. The number of esters is 1. The first kappa shape index (κ1) is 16.8. The van der Waals surface area contributed by atoms with Crippen molar-refractivity contribution in [2.45, 2.75) is 18.2 Å². The van der Waals surface area contributed by atoms with E-state index in [0.29, 0.717) is 5.92 Å². The molecule has 0 aromatic heterocycles. The number of carbonyl (C=O) groups is 2. The third-order valence-electron chi connectivity index (χ3n) is 3.40. The van der Waals surface area contributed by atoms with Crippen molar-refractivity contribution in [3.05, 3.63) is 23.2 Å². The number of carbonyl (C=O) groups excluding carboxylic acids is 2. The van der Waals surface area contributed by atoms with Crippen molar-refractivity contribution in [3.8, 4) is 0 Å². The lowest BCUT2D eigenvalue weighted by Gasteiger charge is -2.09. The van der Waals surface area contributed by atoms with Gasteiger partial charge in [0.15, 0.2) is 16.4 Å².